The molecule has 0 spiro atoms. The van der Waals surface area contributed by atoms with Crippen molar-refractivity contribution in [3.63, 3.8) is 0 Å². The first kappa shape index (κ1) is 18.1. The van der Waals surface area contributed by atoms with Gasteiger partial charge in [-0.05, 0) is 32.2 Å². The molecule has 0 aliphatic carbocycles. The maximum Gasteiger partial charge on any atom is 0.257 e. The largest absolute Gasteiger partial charge is 0.493 e. The Morgan fingerprint density at radius 3 is 2.67 bits per heavy atom. The highest BCUT2D eigenvalue weighted by Gasteiger charge is 2.27. The number of nitrogens with zero attached hydrogens (tertiary/aromatic N) is 2. The standard InChI is InChI=1S/C17H25N3O4/c1-12-10-19(3)7-8-20(12)17(22)13-5-6-14(15(9-13)23-4)24-11-16(21)18-2/h5-6,9,12H,7-8,10-11H2,1-4H3,(H,18,21). The zero-order valence-corrected chi connectivity index (χ0v) is 14.7. The molecule has 1 unspecified atom stereocenters. The summed E-state index contributed by atoms with van der Waals surface area (Å²) in [6.45, 7) is 4.37. The summed E-state index contributed by atoms with van der Waals surface area (Å²) in [5, 5.41) is 2.48. The number of benzene rings is 1. The van der Waals surface area contributed by atoms with Crippen LogP contribution >= 0.6 is 0 Å². The fourth-order valence-electron chi connectivity index (χ4n) is 2.74. The molecule has 1 atom stereocenters. The van der Waals surface area contributed by atoms with E-state index in [-0.39, 0.29) is 24.5 Å². The normalized spacial score (nSPS) is 18.2. The van der Waals surface area contributed by atoms with Crippen molar-refractivity contribution in [1.82, 2.24) is 15.1 Å². The average molecular weight is 335 g/mol. The zero-order valence-electron chi connectivity index (χ0n) is 14.7. The maximum atomic E-state index is 12.8. The summed E-state index contributed by atoms with van der Waals surface area (Å²) in [6, 6.07) is 5.18. The minimum atomic E-state index is -0.233. The molecular formula is C17H25N3O4. The van der Waals surface area contributed by atoms with Crippen LogP contribution in [0.1, 0.15) is 17.3 Å². The van der Waals surface area contributed by atoms with E-state index in [9.17, 15) is 9.59 Å². The lowest BCUT2D eigenvalue weighted by Crippen LogP contribution is -2.52. The highest BCUT2D eigenvalue weighted by Crippen LogP contribution is 2.29. The van der Waals surface area contributed by atoms with Crippen molar-refractivity contribution in [3.05, 3.63) is 23.8 Å². The van der Waals surface area contributed by atoms with Gasteiger partial charge in [-0.2, -0.15) is 0 Å². The number of carbonyl (C=O) groups is 2. The predicted octanol–water partition coefficient (Wildman–Crippen LogP) is 0.596. The molecule has 1 aromatic carbocycles. The van der Waals surface area contributed by atoms with E-state index in [2.05, 4.69) is 17.3 Å². The Balaban J connectivity index is 2.13. The summed E-state index contributed by atoms with van der Waals surface area (Å²) in [5.41, 5.74) is 0.551. The summed E-state index contributed by atoms with van der Waals surface area (Å²) in [5.74, 6) is 0.617. The lowest BCUT2D eigenvalue weighted by atomic mass is 10.1. The molecule has 132 valence electrons. The van der Waals surface area contributed by atoms with Gasteiger partial charge in [0.1, 0.15) is 0 Å². The van der Waals surface area contributed by atoms with E-state index in [0.29, 0.717) is 23.6 Å². The molecule has 0 bridgehead atoms. The van der Waals surface area contributed by atoms with Gasteiger partial charge in [-0.25, -0.2) is 0 Å². The van der Waals surface area contributed by atoms with Gasteiger partial charge in [0, 0.05) is 38.3 Å². The number of carbonyl (C=O) groups excluding carboxylic acids is 2. The number of nitrogens with one attached hydrogen (secondary N) is 1. The molecule has 1 saturated heterocycles. The second kappa shape index (κ2) is 8.01. The minimum Gasteiger partial charge on any atom is -0.493 e. The van der Waals surface area contributed by atoms with Crippen LogP contribution in [0.25, 0.3) is 0 Å². The van der Waals surface area contributed by atoms with Gasteiger partial charge in [-0.15, -0.1) is 0 Å². The molecule has 0 radical (unpaired) electrons. The Labute approximate surface area is 142 Å². The van der Waals surface area contributed by atoms with Crippen molar-refractivity contribution >= 4 is 11.8 Å². The van der Waals surface area contributed by atoms with Gasteiger partial charge in [0.25, 0.3) is 11.8 Å². The minimum absolute atomic E-state index is 0.0215. The smallest absolute Gasteiger partial charge is 0.257 e. The Morgan fingerprint density at radius 2 is 2.04 bits per heavy atom. The number of ether oxygens (including phenoxy) is 2. The van der Waals surface area contributed by atoms with Crippen molar-refractivity contribution in [2.24, 2.45) is 0 Å². The van der Waals surface area contributed by atoms with Gasteiger partial charge in [0.2, 0.25) is 0 Å². The van der Waals surface area contributed by atoms with Crippen LogP contribution in [0, 0.1) is 0 Å². The molecular weight excluding hydrogens is 310 g/mol. The summed E-state index contributed by atoms with van der Waals surface area (Å²) < 4.78 is 10.7. The number of hydrogen-bond donors (Lipinski definition) is 1. The van der Waals surface area contributed by atoms with Crippen LogP contribution in [0.2, 0.25) is 0 Å². The lowest BCUT2D eigenvalue weighted by Gasteiger charge is -2.38. The molecule has 0 aromatic heterocycles. The van der Waals surface area contributed by atoms with Gasteiger partial charge >= 0.3 is 0 Å². The summed E-state index contributed by atoms with van der Waals surface area (Å²) in [6.07, 6.45) is 0. The molecule has 7 nitrogen and oxygen atoms in total. The van der Waals surface area contributed by atoms with Crippen LogP contribution in [0.15, 0.2) is 18.2 Å². The van der Waals surface area contributed by atoms with Crippen molar-refractivity contribution in [3.8, 4) is 11.5 Å². The highest BCUT2D eigenvalue weighted by molar-refractivity contribution is 5.95. The Bertz CT molecular complexity index is 605. The first-order chi connectivity index (χ1) is 11.5. The van der Waals surface area contributed by atoms with Gasteiger partial charge in [0.15, 0.2) is 18.1 Å². The third kappa shape index (κ3) is 4.17. The number of amides is 2. The summed E-state index contributed by atoms with van der Waals surface area (Å²) in [7, 11) is 5.11. The molecule has 24 heavy (non-hydrogen) atoms. The van der Waals surface area contributed by atoms with E-state index in [0.717, 1.165) is 13.1 Å². The molecule has 1 fully saturated rings. The van der Waals surface area contributed by atoms with E-state index >= 15 is 0 Å². The van der Waals surface area contributed by atoms with E-state index in [4.69, 9.17) is 9.47 Å². The third-order valence-electron chi connectivity index (χ3n) is 4.14. The first-order valence-corrected chi connectivity index (χ1v) is 7.97. The van der Waals surface area contributed by atoms with Crippen LogP contribution in [0.3, 0.4) is 0 Å². The Hall–Kier alpha value is -2.28. The molecule has 1 aromatic rings. The monoisotopic (exact) mass is 335 g/mol. The Morgan fingerprint density at radius 1 is 1.29 bits per heavy atom. The van der Waals surface area contributed by atoms with Gasteiger partial charge < -0.3 is 24.6 Å². The molecule has 2 rings (SSSR count). The fraction of sp³-hybridized carbons (Fsp3) is 0.529. The summed E-state index contributed by atoms with van der Waals surface area (Å²) in [4.78, 5) is 28.1. The van der Waals surface area contributed by atoms with Crippen molar-refractivity contribution in [2.75, 3.05) is 47.4 Å². The van der Waals surface area contributed by atoms with E-state index in [1.54, 1.807) is 25.2 Å². The van der Waals surface area contributed by atoms with Crippen molar-refractivity contribution < 1.29 is 19.1 Å². The van der Waals surface area contributed by atoms with E-state index < -0.39 is 0 Å². The second-order valence-electron chi connectivity index (χ2n) is 5.94. The second-order valence-corrected chi connectivity index (χ2v) is 5.94. The predicted molar refractivity (Wildman–Crippen MR) is 90.6 cm³/mol. The van der Waals surface area contributed by atoms with Crippen LogP contribution in [0.4, 0.5) is 0 Å². The molecule has 1 N–H and O–H groups in total. The van der Waals surface area contributed by atoms with Crippen LogP contribution in [-0.2, 0) is 4.79 Å². The number of methoxy groups -OCH3 is 1. The van der Waals surface area contributed by atoms with E-state index in [1.807, 2.05) is 11.8 Å². The topological polar surface area (TPSA) is 71.1 Å². The SMILES string of the molecule is CNC(=O)COc1ccc(C(=O)N2CCN(C)CC2C)cc1OC. The van der Waals surface area contributed by atoms with Crippen LogP contribution in [0.5, 0.6) is 11.5 Å². The Kier molecular flexibility index (Phi) is 6.03. The molecule has 0 saturated carbocycles. The quantitative estimate of drug-likeness (QED) is 0.853. The maximum absolute atomic E-state index is 12.8. The summed E-state index contributed by atoms with van der Waals surface area (Å²) >= 11 is 0. The zero-order chi connectivity index (χ0) is 17.7. The molecule has 1 aliphatic heterocycles. The van der Waals surface area contributed by atoms with Gasteiger partial charge in [-0.1, -0.05) is 0 Å². The van der Waals surface area contributed by atoms with Crippen LogP contribution in [-0.4, -0.2) is 75.1 Å². The molecule has 1 heterocycles. The first-order valence-electron chi connectivity index (χ1n) is 7.97. The lowest BCUT2D eigenvalue weighted by molar-refractivity contribution is -0.122. The molecule has 7 heteroatoms. The van der Waals surface area contributed by atoms with Crippen molar-refractivity contribution in [1.29, 1.82) is 0 Å². The number of piperazine rings is 1. The van der Waals surface area contributed by atoms with Crippen LogP contribution < -0.4 is 14.8 Å². The number of rotatable bonds is 5. The molecule has 2 amide bonds. The number of hydrogen-bond acceptors (Lipinski definition) is 5. The number of likely N-dealkylation sites (N-methyl/N-ethyl adjacent to an activating group) is 2. The average Bonchev–Trinajstić information content (AvgIpc) is 2.58. The van der Waals surface area contributed by atoms with E-state index in [1.165, 1.54) is 7.11 Å². The highest BCUT2D eigenvalue weighted by atomic mass is 16.5. The van der Waals surface area contributed by atoms with Crippen molar-refractivity contribution in [2.45, 2.75) is 13.0 Å². The van der Waals surface area contributed by atoms with Gasteiger partial charge in [-0.3, -0.25) is 9.59 Å². The third-order valence-corrected chi connectivity index (χ3v) is 4.14. The van der Waals surface area contributed by atoms with Gasteiger partial charge in [0.05, 0.1) is 7.11 Å². The fourth-order valence-corrected chi connectivity index (χ4v) is 2.74. The molecule has 1 aliphatic rings.